The Labute approximate surface area is 276 Å². The number of hydrogen-bond acceptors (Lipinski definition) is 3. The van der Waals surface area contributed by atoms with Crippen LogP contribution >= 0.6 is 10.3 Å². The number of rotatable bonds is 7. The van der Waals surface area contributed by atoms with E-state index in [2.05, 4.69) is 0 Å². The summed E-state index contributed by atoms with van der Waals surface area (Å²) in [4.78, 5) is -1.56. The maximum absolute atomic E-state index is 16.4. The Morgan fingerprint density at radius 2 is 0.860 bits per heavy atom. The molecule has 0 spiro atoms. The van der Waals surface area contributed by atoms with Crippen LogP contribution in [0, 0.1) is 0 Å². The van der Waals surface area contributed by atoms with E-state index in [4.69, 9.17) is 3.63 Å². The van der Waals surface area contributed by atoms with Crippen LogP contribution in [0.15, 0.2) is 99.6 Å². The molecule has 0 amide bonds. The van der Waals surface area contributed by atoms with Crippen molar-refractivity contribution in [1.82, 2.24) is 0 Å². The summed E-state index contributed by atoms with van der Waals surface area (Å²) in [6, 6.07) is 15.4. The van der Waals surface area contributed by atoms with Crippen molar-refractivity contribution in [3.63, 3.8) is 0 Å². The molecule has 0 heterocycles. The fourth-order valence-electron chi connectivity index (χ4n) is 5.21. The molecule has 0 radical (unpaired) electrons. The highest BCUT2D eigenvalue weighted by molar-refractivity contribution is 8.33. The van der Waals surface area contributed by atoms with Crippen LogP contribution in [0.5, 0.6) is 0 Å². The molecule has 20 heteroatoms. The Hall–Kier alpha value is -3.13. The summed E-state index contributed by atoms with van der Waals surface area (Å²) < 4.78 is 252. The summed E-state index contributed by atoms with van der Waals surface area (Å²) in [5, 5.41) is -7.93. The van der Waals surface area contributed by atoms with Gasteiger partial charge in [-0.05, 0) is 57.7 Å². The van der Waals surface area contributed by atoms with Crippen molar-refractivity contribution < 1.29 is 77.9 Å². The maximum atomic E-state index is 16.4. The molecule has 1 saturated carbocycles. The molecule has 0 unspecified atom stereocenters. The lowest BCUT2D eigenvalue weighted by Crippen LogP contribution is -2.90. The molecule has 3 aromatic carbocycles. The predicted molar refractivity (Wildman–Crippen MR) is 149 cm³/mol. The first-order chi connectivity index (χ1) is 22.4. The van der Waals surface area contributed by atoms with Gasteiger partial charge in [-0.25, -0.2) is 12.4 Å². The van der Waals surface area contributed by atoms with Crippen molar-refractivity contribution in [3.8, 4) is 0 Å². The van der Waals surface area contributed by atoms with Gasteiger partial charge in [0.1, 0.15) is 0 Å². The third-order valence-corrected chi connectivity index (χ3v) is 13.5. The van der Waals surface area contributed by atoms with Crippen molar-refractivity contribution in [2.45, 2.75) is 87.3 Å². The maximum Gasteiger partial charge on any atom is 0.457 e. The zero-order valence-corrected chi connectivity index (χ0v) is 26.9. The second-order valence-electron chi connectivity index (χ2n) is 12.1. The Morgan fingerprint density at radius 1 is 0.520 bits per heavy atom. The number of alkyl halides is 15. The SMILES string of the molecule is CC(C)(C)c1ccc(S(OS(=O)(=O)C2(F)C(F)(F)C(F)(F)C(F)(C(F)(F)C(F)(F)F)C(F)(F)C2(F)F)(c2ccccc2)c2ccccc2)cc1. The molecule has 50 heavy (non-hydrogen) atoms. The van der Waals surface area contributed by atoms with Crippen LogP contribution in [-0.2, 0) is 19.2 Å². The van der Waals surface area contributed by atoms with Crippen molar-refractivity contribution in [2.24, 2.45) is 0 Å². The molecular formula is C30H23F15O3S2. The molecule has 278 valence electrons. The summed E-state index contributed by atoms with van der Waals surface area (Å²) in [5.41, 5.74) is -8.86. The van der Waals surface area contributed by atoms with E-state index in [1.165, 1.54) is 24.3 Å². The Morgan fingerprint density at radius 3 is 1.18 bits per heavy atom. The van der Waals surface area contributed by atoms with Crippen LogP contribution in [0.3, 0.4) is 0 Å². The van der Waals surface area contributed by atoms with Gasteiger partial charge in [-0.2, -0.15) is 65.5 Å². The minimum atomic E-state index is -8.67. The minimum absolute atomic E-state index is 0.468. The molecule has 4 rings (SSSR count). The van der Waals surface area contributed by atoms with Gasteiger partial charge < -0.3 is 0 Å². The topological polar surface area (TPSA) is 43.4 Å². The lowest BCUT2D eigenvalue weighted by molar-refractivity contribution is -0.493. The van der Waals surface area contributed by atoms with Gasteiger partial charge in [-0.15, -0.1) is 0 Å². The average molecular weight is 781 g/mol. The Balaban J connectivity index is 2.13. The molecule has 0 aliphatic heterocycles. The molecule has 0 N–H and O–H groups in total. The zero-order valence-electron chi connectivity index (χ0n) is 25.3. The molecule has 0 bridgehead atoms. The lowest BCUT2D eigenvalue weighted by atomic mass is 9.69. The van der Waals surface area contributed by atoms with Crippen molar-refractivity contribution in [3.05, 3.63) is 90.5 Å². The van der Waals surface area contributed by atoms with Crippen LogP contribution in [0.4, 0.5) is 65.9 Å². The summed E-state index contributed by atoms with van der Waals surface area (Å²) in [5.74, 6) is -42.2. The molecule has 3 aromatic rings. The first-order valence-electron chi connectivity index (χ1n) is 13.7. The first-order valence-corrected chi connectivity index (χ1v) is 16.7. The Bertz CT molecular complexity index is 1760. The van der Waals surface area contributed by atoms with Gasteiger partial charge in [0.2, 0.25) is 0 Å². The van der Waals surface area contributed by atoms with Gasteiger partial charge in [0.15, 0.2) is 0 Å². The second-order valence-corrected chi connectivity index (χ2v) is 16.6. The lowest BCUT2D eigenvalue weighted by Gasteiger charge is -2.56. The van der Waals surface area contributed by atoms with Gasteiger partial charge in [-0.3, -0.25) is 0 Å². The van der Waals surface area contributed by atoms with Crippen molar-refractivity contribution in [2.75, 3.05) is 0 Å². The zero-order chi connectivity index (χ0) is 38.4. The number of hydrogen-bond donors (Lipinski definition) is 0. The molecular weight excluding hydrogens is 757 g/mol. The fourth-order valence-corrected chi connectivity index (χ4v) is 10.9. The van der Waals surface area contributed by atoms with Crippen LogP contribution in [0.25, 0.3) is 0 Å². The smallest absolute Gasteiger partial charge is 0.223 e. The summed E-state index contributed by atoms with van der Waals surface area (Å²) >= 11 is 0. The quantitative estimate of drug-likeness (QED) is 0.224. The van der Waals surface area contributed by atoms with Gasteiger partial charge in [-0.1, -0.05) is 69.3 Å². The van der Waals surface area contributed by atoms with E-state index in [0.717, 1.165) is 60.7 Å². The normalized spacial score (nSPS) is 25.6. The highest BCUT2D eigenvalue weighted by Crippen LogP contribution is 2.77. The highest BCUT2D eigenvalue weighted by atomic mass is 32.3. The van der Waals surface area contributed by atoms with E-state index < -0.39 is 87.0 Å². The van der Waals surface area contributed by atoms with Crippen molar-refractivity contribution in [1.29, 1.82) is 0 Å². The summed E-state index contributed by atoms with van der Waals surface area (Å²) in [6.45, 7) is 5.06. The highest BCUT2D eigenvalue weighted by Gasteiger charge is 3.08. The molecule has 3 nitrogen and oxygen atoms in total. The van der Waals surface area contributed by atoms with Crippen molar-refractivity contribution >= 4 is 20.4 Å². The van der Waals surface area contributed by atoms with E-state index in [-0.39, 0.29) is 0 Å². The minimum Gasteiger partial charge on any atom is -0.223 e. The van der Waals surface area contributed by atoms with Crippen LogP contribution < -0.4 is 0 Å². The van der Waals surface area contributed by atoms with Gasteiger partial charge in [0.25, 0.3) is 0 Å². The van der Waals surface area contributed by atoms with Crippen LogP contribution in [0.1, 0.15) is 26.3 Å². The monoisotopic (exact) mass is 780 g/mol. The standard InChI is InChI=1S/C30H23F15O3S2/c1-22(2,3)18-14-16-21(17-15-18)49(19-10-6-4-7-11-19,20-12-8-5-9-13-20)48-50(46,47)29(42)27(38,39)24(32,33)23(31,25(34,35)28(29,40)41)26(36,37)30(43,44)45/h4-17H,1-3H3. The van der Waals surface area contributed by atoms with E-state index >= 15 is 43.9 Å². The second kappa shape index (κ2) is 11.4. The van der Waals surface area contributed by atoms with Gasteiger partial charge in [0.05, 0.1) is 0 Å². The molecule has 0 atom stereocenters. The molecule has 0 saturated heterocycles. The largest absolute Gasteiger partial charge is 0.457 e. The molecule has 1 aliphatic carbocycles. The van der Waals surface area contributed by atoms with E-state index in [9.17, 15) is 30.4 Å². The van der Waals surface area contributed by atoms with E-state index in [0.29, 0.717) is 5.56 Å². The third kappa shape index (κ3) is 4.82. The number of halogens is 15. The van der Waals surface area contributed by atoms with Gasteiger partial charge >= 0.3 is 56.6 Å². The molecule has 0 aromatic heterocycles. The molecule has 1 aliphatic rings. The van der Waals surface area contributed by atoms with Gasteiger partial charge in [0, 0.05) is 14.7 Å². The number of benzene rings is 3. The van der Waals surface area contributed by atoms with E-state index in [1.54, 1.807) is 20.8 Å². The first kappa shape index (κ1) is 39.7. The summed E-state index contributed by atoms with van der Waals surface area (Å²) in [7, 11) is -12.8. The van der Waals surface area contributed by atoms with E-state index in [1.807, 2.05) is 0 Å². The summed E-state index contributed by atoms with van der Waals surface area (Å²) in [6.07, 6.45) is -8.01. The average Bonchev–Trinajstić information content (AvgIpc) is 3.01. The third-order valence-electron chi connectivity index (χ3n) is 7.99. The Kier molecular flexibility index (Phi) is 9.07. The van der Waals surface area contributed by atoms with Crippen LogP contribution in [-0.4, -0.2) is 54.9 Å². The fraction of sp³-hybridized carbons (Fsp3) is 0.400. The molecule has 1 fully saturated rings. The predicted octanol–water partition coefficient (Wildman–Crippen LogP) is 10.7. The van der Waals surface area contributed by atoms with Crippen LogP contribution in [0.2, 0.25) is 0 Å².